The van der Waals surface area contributed by atoms with Gasteiger partial charge in [0.15, 0.2) is 0 Å². The van der Waals surface area contributed by atoms with Crippen LogP contribution < -0.4 is 11.1 Å². The van der Waals surface area contributed by atoms with E-state index in [4.69, 9.17) is 5.73 Å². The third-order valence-corrected chi connectivity index (χ3v) is 3.44. The van der Waals surface area contributed by atoms with Crippen molar-refractivity contribution in [3.05, 3.63) is 16.7 Å². The van der Waals surface area contributed by atoms with E-state index in [1.165, 1.54) is 12.8 Å². The Morgan fingerprint density at radius 3 is 2.56 bits per heavy atom. The van der Waals surface area contributed by atoms with Gasteiger partial charge in [-0.3, -0.25) is 0 Å². The lowest BCUT2D eigenvalue weighted by Gasteiger charge is -2.23. The lowest BCUT2D eigenvalue weighted by molar-refractivity contribution is 0.437. The molecule has 0 spiro atoms. The maximum absolute atomic E-state index is 5.90. The summed E-state index contributed by atoms with van der Waals surface area (Å²) in [6.45, 7) is 6.61. The molecule has 1 aromatic heterocycles. The SMILES string of the molecule is CCC(CC)C(C)Nc1ncc(Br)cc1N. The minimum Gasteiger partial charge on any atom is -0.396 e. The van der Waals surface area contributed by atoms with Crippen LogP contribution in [-0.4, -0.2) is 11.0 Å². The molecule has 0 aliphatic rings. The minimum absolute atomic E-state index is 0.394. The van der Waals surface area contributed by atoms with Crippen LogP contribution in [0.1, 0.15) is 33.6 Å². The fraction of sp³-hybridized carbons (Fsp3) is 0.583. The average molecular weight is 286 g/mol. The third kappa shape index (κ3) is 3.37. The second-order valence-electron chi connectivity index (χ2n) is 4.10. The number of pyridine rings is 1. The van der Waals surface area contributed by atoms with Crippen molar-refractivity contribution in [1.82, 2.24) is 4.98 Å². The van der Waals surface area contributed by atoms with Crippen LogP contribution >= 0.6 is 15.9 Å². The highest BCUT2D eigenvalue weighted by Crippen LogP contribution is 2.23. The van der Waals surface area contributed by atoms with Gasteiger partial charge in [-0.2, -0.15) is 0 Å². The zero-order valence-electron chi connectivity index (χ0n) is 10.1. The van der Waals surface area contributed by atoms with Crippen LogP contribution in [0.3, 0.4) is 0 Å². The van der Waals surface area contributed by atoms with Gasteiger partial charge in [0.05, 0.1) is 5.69 Å². The van der Waals surface area contributed by atoms with Gasteiger partial charge in [0.1, 0.15) is 5.82 Å². The Labute approximate surface area is 106 Å². The summed E-state index contributed by atoms with van der Waals surface area (Å²) in [7, 11) is 0. The summed E-state index contributed by atoms with van der Waals surface area (Å²) < 4.78 is 0.908. The number of nitrogens with two attached hydrogens (primary N) is 1. The fourth-order valence-electron chi connectivity index (χ4n) is 1.90. The number of hydrogen-bond donors (Lipinski definition) is 2. The van der Waals surface area contributed by atoms with E-state index in [0.717, 1.165) is 10.3 Å². The molecule has 1 aromatic rings. The van der Waals surface area contributed by atoms with E-state index >= 15 is 0 Å². The second-order valence-corrected chi connectivity index (χ2v) is 5.02. The molecular formula is C12H20BrN3. The molecule has 3 N–H and O–H groups in total. The van der Waals surface area contributed by atoms with Crippen molar-refractivity contribution in [2.45, 2.75) is 39.7 Å². The quantitative estimate of drug-likeness (QED) is 0.868. The van der Waals surface area contributed by atoms with E-state index in [9.17, 15) is 0 Å². The van der Waals surface area contributed by atoms with E-state index in [-0.39, 0.29) is 0 Å². The molecule has 0 aromatic carbocycles. The fourth-order valence-corrected chi connectivity index (χ4v) is 2.25. The molecule has 3 nitrogen and oxygen atoms in total. The topological polar surface area (TPSA) is 50.9 Å². The average Bonchev–Trinajstić information content (AvgIpc) is 2.24. The van der Waals surface area contributed by atoms with E-state index < -0.39 is 0 Å². The molecule has 4 heteroatoms. The zero-order valence-corrected chi connectivity index (χ0v) is 11.7. The van der Waals surface area contributed by atoms with Crippen molar-refractivity contribution in [3.8, 4) is 0 Å². The zero-order chi connectivity index (χ0) is 12.1. The maximum atomic E-state index is 5.90. The Hall–Kier alpha value is -0.770. The normalized spacial score (nSPS) is 12.8. The van der Waals surface area contributed by atoms with Gasteiger partial charge in [-0.25, -0.2) is 4.98 Å². The first kappa shape index (κ1) is 13.3. The molecule has 1 rings (SSSR count). The summed E-state index contributed by atoms with van der Waals surface area (Å²) in [6.07, 6.45) is 4.10. The second kappa shape index (κ2) is 6.09. The summed E-state index contributed by atoms with van der Waals surface area (Å²) in [6, 6.07) is 2.26. The Balaban J connectivity index is 2.72. The highest BCUT2D eigenvalue weighted by atomic mass is 79.9. The monoisotopic (exact) mass is 285 g/mol. The van der Waals surface area contributed by atoms with Crippen molar-refractivity contribution < 1.29 is 0 Å². The molecule has 0 aliphatic carbocycles. The van der Waals surface area contributed by atoms with Gasteiger partial charge in [-0.15, -0.1) is 0 Å². The molecule has 1 atom stereocenters. The first-order valence-electron chi connectivity index (χ1n) is 5.76. The van der Waals surface area contributed by atoms with E-state index in [2.05, 4.69) is 47.0 Å². The molecule has 0 bridgehead atoms. The van der Waals surface area contributed by atoms with Crippen LogP contribution in [0.4, 0.5) is 11.5 Å². The largest absolute Gasteiger partial charge is 0.396 e. The van der Waals surface area contributed by atoms with Crippen LogP contribution in [0, 0.1) is 5.92 Å². The number of aromatic nitrogens is 1. The number of anilines is 2. The molecule has 0 saturated heterocycles. The highest BCUT2D eigenvalue weighted by Gasteiger charge is 2.14. The number of hydrogen-bond acceptors (Lipinski definition) is 3. The van der Waals surface area contributed by atoms with Crippen molar-refractivity contribution in [1.29, 1.82) is 0 Å². The molecule has 90 valence electrons. The molecule has 1 heterocycles. The molecule has 0 fully saturated rings. The molecule has 0 saturated carbocycles. The first-order chi connectivity index (χ1) is 7.58. The summed E-state index contributed by atoms with van der Waals surface area (Å²) in [5.74, 6) is 1.44. The van der Waals surface area contributed by atoms with E-state index in [1.807, 2.05) is 6.07 Å². The van der Waals surface area contributed by atoms with Gasteiger partial charge >= 0.3 is 0 Å². The number of nitrogen functional groups attached to an aromatic ring is 1. The summed E-state index contributed by atoms with van der Waals surface area (Å²) in [4.78, 5) is 4.29. The Morgan fingerprint density at radius 1 is 1.44 bits per heavy atom. The molecule has 0 aliphatic heterocycles. The number of nitrogens with one attached hydrogen (secondary N) is 1. The van der Waals surface area contributed by atoms with E-state index in [0.29, 0.717) is 17.6 Å². The Kier molecular flexibility index (Phi) is 5.06. The van der Waals surface area contributed by atoms with Gasteiger partial charge in [0.25, 0.3) is 0 Å². The van der Waals surface area contributed by atoms with Crippen molar-refractivity contribution in [2.75, 3.05) is 11.1 Å². The number of rotatable bonds is 5. The lowest BCUT2D eigenvalue weighted by Crippen LogP contribution is -2.26. The predicted molar refractivity (Wildman–Crippen MR) is 73.5 cm³/mol. The summed E-state index contributed by atoms with van der Waals surface area (Å²) in [5, 5.41) is 3.38. The number of nitrogens with zero attached hydrogens (tertiary/aromatic N) is 1. The van der Waals surface area contributed by atoms with Crippen molar-refractivity contribution >= 4 is 27.4 Å². The van der Waals surface area contributed by atoms with Gasteiger partial charge in [-0.05, 0) is 34.8 Å². The molecular weight excluding hydrogens is 266 g/mol. The van der Waals surface area contributed by atoms with Gasteiger partial charge in [-0.1, -0.05) is 26.7 Å². The minimum atomic E-state index is 0.394. The predicted octanol–water partition coefficient (Wildman–Crippen LogP) is 3.66. The van der Waals surface area contributed by atoms with Crippen LogP contribution in [0.15, 0.2) is 16.7 Å². The van der Waals surface area contributed by atoms with Gasteiger partial charge in [0, 0.05) is 16.7 Å². The van der Waals surface area contributed by atoms with Gasteiger partial charge in [0.2, 0.25) is 0 Å². The highest BCUT2D eigenvalue weighted by molar-refractivity contribution is 9.10. The van der Waals surface area contributed by atoms with Gasteiger partial charge < -0.3 is 11.1 Å². The third-order valence-electron chi connectivity index (χ3n) is 3.00. The number of halogens is 1. The van der Waals surface area contributed by atoms with Crippen LogP contribution in [0.5, 0.6) is 0 Å². The van der Waals surface area contributed by atoms with Crippen molar-refractivity contribution in [2.24, 2.45) is 5.92 Å². The Morgan fingerprint density at radius 2 is 2.06 bits per heavy atom. The maximum Gasteiger partial charge on any atom is 0.149 e. The standard InChI is InChI=1S/C12H20BrN3/c1-4-9(5-2)8(3)16-12-11(14)6-10(13)7-15-12/h6-9H,4-5,14H2,1-3H3,(H,15,16). The van der Waals surface area contributed by atoms with Crippen LogP contribution in [0.25, 0.3) is 0 Å². The van der Waals surface area contributed by atoms with E-state index in [1.54, 1.807) is 6.20 Å². The molecule has 1 unspecified atom stereocenters. The van der Waals surface area contributed by atoms with Crippen LogP contribution in [-0.2, 0) is 0 Å². The van der Waals surface area contributed by atoms with Crippen LogP contribution in [0.2, 0.25) is 0 Å². The summed E-state index contributed by atoms with van der Waals surface area (Å²) >= 11 is 3.35. The first-order valence-corrected chi connectivity index (χ1v) is 6.55. The van der Waals surface area contributed by atoms with Crippen molar-refractivity contribution in [3.63, 3.8) is 0 Å². The smallest absolute Gasteiger partial charge is 0.149 e. The molecule has 0 amide bonds. The summed E-state index contributed by atoms with van der Waals surface area (Å²) in [5.41, 5.74) is 6.58. The molecule has 0 radical (unpaired) electrons. The Bertz CT molecular complexity index is 337. The lowest BCUT2D eigenvalue weighted by atomic mass is 9.95. The molecule has 16 heavy (non-hydrogen) atoms.